The Morgan fingerprint density at radius 2 is 2.40 bits per heavy atom. The Bertz CT molecular complexity index is 104. The van der Waals surface area contributed by atoms with Crippen molar-refractivity contribution in [3.8, 4) is 0 Å². The normalized spacial score (nSPS) is 17.6. The third kappa shape index (κ3) is 5.83. The molecule has 1 N–H and O–H groups in total. The quantitative estimate of drug-likeness (QED) is 0.447. The predicted molar refractivity (Wildman–Crippen MR) is 45.0 cm³/mol. The van der Waals surface area contributed by atoms with E-state index in [1.807, 2.05) is 0 Å². The summed E-state index contributed by atoms with van der Waals surface area (Å²) in [5.41, 5.74) is 0. The van der Waals surface area contributed by atoms with Gasteiger partial charge in [-0.25, -0.2) is 0 Å². The van der Waals surface area contributed by atoms with Gasteiger partial charge in [-0.05, 0) is 12.8 Å². The second kappa shape index (κ2) is 6.81. The van der Waals surface area contributed by atoms with Crippen LogP contribution in [-0.2, 0) is 0 Å². The van der Waals surface area contributed by atoms with Crippen molar-refractivity contribution in [3.05, 3.63) is 12.7 Å². The maximum Gasteiger partial charge on any atom is 0.0574 e. The van der Waals surface area contributed by atoms with Gasteiger partial charge in [-0.3, -0.25) is 0 Å². The smallest absolute Gasteiger partial charge is 0.0574 e. The SMILES string of the molecule is [2H]C(C=C)C(O)CCCCC. The van der Waals surface area contributed by atoms with E-state index in [0.29, 0.717) is 0 Å². The van der Waals surface area contributed by atoms with Gasteiger partial charge in [-0.2, -0.15) is 0 Å². The molecule has 1 heteroatoms. The van der Waals surface area contributed by atoms with Crippen LogP contribution in [0.1, 0.15) is 40.4 Å². The van der Waals surface area contributed by atoms with Gasteiger partial charge < -0.3 is 5.11 Å². The Kier molecular flexibility index (Phi) is 5.32. The molecule has 10 heavy (non-hydrogen) atoms. The van der Waals surface area contributed by atoms with Crippen LogP contribution in [-0.4, -0.2) is 11.2 Å². The number of aliphatic hydroxyl groups is 1. The summed E-state index contributed by atoms with van der Waals surface area (Å²) in [6.45, 7) is 5.59. The van der Waals surface area contributed by atoms with Crippen molar-refractivity contribution < 1.29 is 6.48 Å². The second-order valence-corrected chi connectivity index (χ2v) is 2.49. The first kappa shape index (κ1) is 7.80. The summed E-state index contributed by atoms with van der Waals surface area (Å²) in [7, 11) is 0. The van der Waals surface area contributed by atoms with Gasteiger partial charge in [-0.15, -0.1) is 6.58 Å². The fourth-order valence-electron chi connectivity index (χ4n) is 0.857. The van der Waals surface area contributed by atoms with Gasteiger partial charge in [0.2, 0.25) is 0 Å². The van der Waals surface area contributed by atoms with Crippen molar-refractivity contribution in [2.45, 2.75) is 45.1 Å². The van der Waals surface area contributed by atoms with Gasteiger partial charge in [0.1, 0.15) is 0 Å². The maximum atomic E-state index is 9.29. The van der Waals surface area contributed by atoms with Crippen molar-refractivity contribution in [1.82, 2.24) is 0 Å². The second-order valence-electron chi connectivity index (χ2n) is 2.49. The molecule has 0 aromatic carbocycles. The van der Waals surface area contributed by atoms with E-state index >= 15 is 0 Å². The highest BCUT2D eigenvalue weighted by Crippen LogP contribution is 2.05. The molecule has 0 aliphatic rings. The summed E-state index contributed by atoms with van der Waals surface area (Å²) in [5.74, 6) is 0. The molecule has 2 unspecified atom stereocenters. The van der Waals surface area contributed by atoms with Gasteiger partial charge in [0, 0.05) is 1.37 Å². The summed E-state index contributed by atoms with van der Waals surface area (Å²) in [5, 5.41) is 9.29. The first-order chi connectivity index (χ1) is 5.22. The van der Waals surface area contributed by atoms with Gasteiger partial charge in [0.05, 0.1) is 6.10 Å². The zero-order valence-electron chi connectivity index (χ0n) is 7.71. The van der Waals surface area contributed by atoms with Crippen LogP contribution in [0.4, 0.5) is 0 Å². The van der Waals surface area contributed by atoms with E-state index in [1.54, 1.807) is 0 Å². The average Bonchev–Trinajstić information content (AvgIpc) is 2.03. The monoisotopic (exact) mass is 143 g/mol. The summed E-state index contributed by atoms with van der Waals surface area (Å²) >= 11 is 0. The molecule has 0 fully saturated rings. The highest BCUT2D eigenvalue weighted by molar-refractivity contribution is 4.71. The lowest BCUT2D eigenvalue weighted by molar-refractivity contribution is 0.164. The van der Waals surface area contributed by atoms with E-state index in [0.717, 1.165) is 25.7 Å². The topological polar surface area (TPSA) is 20.2 Å². The van der Waals surface area contributed by atoms with Crippen LogP contribution in [0.15, 0.2) is 12.7 Å². The molecular weight excluding hydrogens is 124 g/mol. The molecule has 0 aromatic rings. The molecule has 0 rings (SSSR count). The molecule has 0 saturated carbocycles. The lowest BCUT2D eigenvalue weighted by Crippen LogP contribution is -2.03. The van der Waals surface area contributed by atoms with Crippen LogP contribution in [0, 0.1) is 0 Å². The number of unbranched alkanes of at least 4 members (excludes halogenated alkanes) is 2. The van der Waals surface area contributed by atoms with Crippen LogP contribution in [0.3, 0.4) is 0 Å². The van der Waals surface area contributed by atoms with Crippen molar-refractivity contribution >= 4 is 0 Å². The number of aliphatic hydroxyl groups excluding tert-OH is 1. The lowest BCUT2D eigenvalue weighted by Gasteiger charge is -2.05. The standard InChI is InChI=1S/C9H18O/c1-3-5-6-8-9(10)7-4-2/h4,9-10H,2-3,5-8H2,1H3/i7D. The number of hydrogen-bond acceptors (Lipinski definition) is 1. The minimum absolute atomic E-state index is 0.508. The van der Waals surface area contributed by atoms with Crippen molar-refractivity contribution in [2.24, 2.45) is 0 Å². The van der Waals surface area contributed by atoms with E-state index in [1.165, 1.54) is 6.08 Å². The Morgan fingerprint density at radius 3 is 2.90 bits per heavy atom. The van der Waals surface area contributed by atoms with Crippen molar-refractivity contribution in [1.29, 1.82) is 0 Å². The molecule has 0 saturated heterocycles. The van der Waals surface area contributed by atoms with E-state index in [-0.39, 0.29) is 0 Å². The molecule has 0 radical (unpaired) electrons. The lowest BCUT2D eigenvalue weighted by atomic mass is 10.1. The summed E-state index contributed by atoms with van der Waals surface area (Å²) in [6, 6.07) is 0. The Hall–Kier alpha value is -0.300. The van der Waals surface area contributed by atoms with Gasteiger partial charge >= 0.3 is 0 Å². The highest BCUT2D eigenvalue weighted by Gasteiger charge is 1.98. The molecule has 0 spiro atoms. The maximum absolute atomic E-state index is 9.29. The molecule has 0 aromatic heterocycles. The van der Waals surface area contributed by atoms with E-state index in [9.17, 15) is 5.11 Å². The summed E-state index contributed by atoms with van der Waals surface area (Å²) < 4.78 is 7.29. The molecular formula is C9H18O. The first-order valence-corrected chi connectivity index (χ1v) is 3.95. The minimum Gasteiger partial charge on any atom is -0.393 e. The zero-order valence-corrected chi connectivity index (χ0v) is 6.71. The Balaban J connectivity index is 3.35. The molecule has 60 valence electrons. The Labute approximate surface area is 65.2 Å². The molecule has 0 heterocycles. The summed E-state index contributed by atoms with van der Waals surface area (Å²) in [6.07, 6.45) is 4.50. The highest BCUT2D eigenvalue weighted by atomic mass is 16.3. The number of rotatable bonds is 6. The van der Waals surface area contributed by atoms with Gasteiger partial charge in [-0.1, -0.05) is 32.3 Å². The molecule has 0 bridgehead atoms. The van der Waals surface area contributed by atoms with Gasteiger partial charge in [0.15, 0.2) is 0 Å². The van der Waals surface area contributed by atoms with Crippen molar-refractivity contribution in [2.75, 3.05) is 0 Å². The number of hydrogen-bond donors (Lipinski definition) is 1. The molecule has 0 amide bonds. The summed E-state index contributed by atoms with van der Waals surface area (Å²) in [4.78, 5) is 0. The van der Waals surface area contributed by atoms with Crippen LogP contribution in [0.2, 0.25) is 0 Å². The zero-order chi connectivity index (χ0) is 8.69. The van der Waals surface area contributed by atoms with Crippen LogP contribution in [0.25, 0.3) is 0 Å². The van der Waals surface area contributed by atoms with E-state index < -0.39 is 12.5 Å². The predicted octanol–water partition coefficient (Wildman–Crippen LogP) is 2.50. The third-order valence-corrected chi connectivity index (χ3v) is 1.46. The fourth-order valence-corrected chi connectivity index (χ4v) is 0.857. The largest absolute Gasteiger partial charge is 0.393 e. The average molecular weight is 143 g/mol. The van der Waals surface area contributed by atoms with Crippen LogP contribution >= 0.6 is 0 Å². The van der Waals surface area contributed by atoms with E-state index in [4.69, 9.17) is 1.37 Å². The third-order valence-electron chi connectivity index (χ3n) is 1.46. The first-order valence-electron chi connectivity index (χ1n) is 4.53. The van der Waals surface area contributed by atoms with Gasteiger partial charge in [0.25, 0.3) is 0 Å². The van der Waals surface area contributed by atoms with Crippen molar-refractivity contribution in [3.63, 3.8) is 0 Å². The molecule has 1 nitrogen and oxygen atoms in total. The Morgan fingerprint density at radius 1 is 1.70 bits per heavy atom. The molecule has 0 aliphatic heterocycles. The minimum atomic E-state index is -0.515. The van der Waals surface area contributed by atoms with E-state index in [2.05, 4.69) is 13.5 Å². The fraction of sp³-hybridized carbons (Fsp3) is 0.778. The molecule has 2 atom stereocenters. The molecule has 0 aliphatic carbocycles. The van der Waals surface area contributed by atoms with Crippen LogP contribution in [0.5, 0.6) is 0 Å². The van der Waals surface area contributed by atoms with Crippen LogP contribution < -0.4 is 0 Å².